The van der Waals surface area contributed by atoms with Crippen LogP contribution in [0.4, 0.5) is 0 Å². The van der Waals surface area contributed by atoms with E-state index in [-0.39, 0.29) is 5.97 Å². The van der Waals surface area contributed by atoms with Crippen LogP contribution in [0.25, 0.3) is 0 Å². The van der Waals surface area contributed by atoms with E-state index >= 15 is 0 Å². The van der Waals surface area contributed by atoms with Gasteiger partial charge in [-0.3, -0.25) is 5.32 Å². The second-order valence-corrected chi connectivity index (χ2v) is 6.32. The van der Waals surface area contributed by atoms with Gasteiger partial charge in [0.15, 0.2) is 0 Å². The Hall–Kier alpha value is -0.650. The van der Waals surface area contributed by atoms with Gasteiger partial charge in [-0.15, -0.1) is 0 Å². The second kappa shape index (κ2) is 7.56. The summed E-state index contributed by atoms with van der Waals surface area (Å²) in [4.78, 5) is 14.8. The van der Waals surface area contributed by atoms with Crippen LogP contribution in [0.15, 0.2) is 0 Å². The molecule has 2 saturated carbocycles. The molecule has 2 aliphatic rings. The minimum atomic E-state index is -0.516. The summed E-state index contributed by atoms with van der Waals surface area (Å²) in [5.74, 6) is 0.356. The zero-order valence-corrected chi connectivity index (χ0v) is 13.7. The average Bonchev–Trinajstić information content (AvgIpc) is 3.31. The van der Waals surface area contributed by atoms with Crippen molar-refractivity contribution < 1.29 is 14.3 Å². The smallest absolute Gasteiger partial charge is 0.327 e. The third-order valence-electron chi connectivity index (χ3n) is 4.29. The van der Waals surface area contributed by atoms with Gasteiger partial charge >= 0.3 is 5.97 Å². The van der Waals surface area contributed by atoms with Crippen molar-refractivity contribution in [3.8, 4) is 0 Å². The van der Waals surface area contributed by atoms with Gasteiger partial charge in [-0.05, 0) is 52.5 Å². The minimum absolute atomic E-state index is 0.0670. The van der Waals surface area contributed by atoms with E-state index in [1.807, 2.05) is 13.8 Å². The fraction of sp³-hybridized carbons (Fsp3) is 0.938. The molecular formula is C16H30N2O3. The number of esters is 1. The Kier molecular flexibility index (Phi) is 6.02. The first-order valence-corrected chi connectivity index (χ1v) is 8.33. The maximum atomic E-state index is 12.6. The highest BCUT2D eigenvalue weighted by atomic mass is 16.5. The Morgan fingerprint density at radius 3 is 2.48 bits per heavy atom. The van der Waals surface area contributed by atoms with Crippen molar-refractivity contribution in [3.05, 3.63) is 0 Å². The maximum Gasteiger partial charge on any atom is 0.327 e. The molecule has 0 aromatic carbocycles. The highest BCUT2D eigenvalue weighted by Gasteiger charge is 2.54. The summed E-state index contributed by atoms with van der Waals surface area (Å²) in [6.45, 7) is 7.32. The zero-order valence-electron chi connectivity index (χ0n) is 13.7. The Labute approximate surface area is 128 Å². The van der Waals surface area contributed by atoms with Crippen LogP contribution in [0.1, 0.15) is 39.5 Å². The number of hydrogen-bond donors (Lipinski definition) is 1. The number of rotatable bonds is 11. The first kappa shape index (κ1) is 16.7. The topological polar surface area (TPSA) is 50.8 Å². The number of carbonyl (C=O) groups is 1. The van der Waals surface area contributed by atoms with Crippen molar-refractivity contribution in [3.63, 3.8) is 0 Å². The summed E-state index contributed by atoms with van der Waals surface area (Å²) >= 11 is 0. The van der Waals surface area contributed by atoms with E-state index in [0.29, 0.717) is 31.7 Å². The predicted molar refractivity (Wildman–Crippen MR) is 82.2 cm³/mol. The SMILES string of the molecule is CCOCCN(C)CC(NC1CC1)(C(=O)OCC)C1CC1. The van der Waals surface area contributed by atoms with E-state index in [1.165, 1.54) is 12.8 Å². The quantitative estimate of drug-likeness (QED) is 0.462. The molecule has 0 aliphatic heterocycles. The standard InChI is InChI=1S/C16H30N2O3/c1-4-20-11-10-18(3)12-16(13-6-7-13,15(19)21-5-2)17-14-8-9-14/h13-14,17H,4-12H2,1-3H3. The molecule has 5 heteroatoms. The second-order valence-electron chi connectivity index (χ2n) is 6.32. The van der Waals surface area contributed by atoms with Gasteiger partial charge in [-0.2, -0.15) is 0 Å². The summed E-state index contributed by atoms with van der Waals surface area (Å²) < 4.78 is 10.8. The summed E-state index contributed by atoms with van der Waals surface area (Å²) in [6.07, 6.45) is 4.60. The highest BCUT2D eigenvalue weighted by Crippen LogP contribution is 2.42. The van der Waals surface area contributed by atoms with Crippen LogP contribution >= 0.6 is 0 Å². The molecule has 0 radical (unpaired) electrons. The van der Waals surface area contributed by atoms with Crippen LogP contribution in [0, 0.1) is 5.92 Å². The Morgan fingerprint density at radius 2 is 1.95 bits per heavy atom. The Balaban J connectivity index is 2.00. The van der Waals surface area contributed by atoms with Gasteiger partial charge in [0.2, 0.25) is 0 Å². The molecule has 21 heavy (non-hydrogen) atoms. The van der Waals surface area contributed by atoms with Crippen molar-refractivity contribution in [2.45, 2.75) is 51.1 Å². The lowest BCUT2D eigenvalue weighted by Gasteiger charge is -2.36. The maximum absolute atomic E-state index is 12.6. The van der Waals surface area contributed by atoms with E-state index < -0.39 is 5.54 Å². The van der Waals surface area contributed by atoms with Gasteiger partial charge in [0.05, 0.1) is 13.2 Å². The van der Waals surface area contributed by atoms with Crippen LogP contribution in [0.2, 0.25) is 0 Å². The predicted octanol–water partition coefficient (Wildman–Crippen LogP) is 1.42. The Bertz CT molecular complexity index is 342. The van der Waals surface area contributed by atoms with Crippen LogP contribution in [-0.4, -0.2) is 62.4 Å². The molecule has 0 saturated heterocycles. The fourth-order valence-electron chi connectivity index (χ4n) is 2.88. The average molecular weight is 298 g/mol. The van der Waals surface area contributed by atoms with Crippen molar-refractivity contribution >= 4 is 5.97 Å². The summed E-state index contributed by atoms with van der Waals surface area (Å²) in [5.41, 5.74) is -0.516. The molecule has 0 bridgehead atoms. The minimum Gasteiger partial charge on any atom is -0.465 e. The van der Waals surface area contributed by atoms with E-state index in [1.54, 1.807) is 0 Å². The van der Waals surface area contributed by atoms with Crippen molar-refractivity contribution in [2.75, 3.05) is 40.0 Å². The third-order valence-corrected chi connectivity index (χ3v) is 4.29. The van der Waals surface area contributed by atoms with Gasteiger partial charge in [-0.1, -0.05) is 0 Å². The largest absolute Gasteiger partial charge is 0.465 e. The lowest BCUT2D eigenvalue weighted by molar-refractivity contribution is -0.153. The van der Waals surface area contributed by atoms with Crippen molar-refractivity contribution in [2.24, 2.45) is 5.92 Å². The van der Waals surface area contributed by atoms with Gasteiger partial charge in [-0.25, -0.2) is 4.79 Å². The number of ether oxygens (including phenoxy) is 2. The van der Waals surface area contributed by atoms with Gasteiger partial charge in [0, 0.05) is 25.7 Å². The normalized spacial score (nSPS) is 21.3. The van der Waals surface area contributed by atoms with Gasteiger partial charge in [0.1, 0.15) is 5.54 Å². The molecule has 122 valence electrons. The van der Waals surface area contributed by atoms with Crippen LogP contribution < -0.4 is 5.32 Å². The molecule has 1 atom stereocenters. The number of likely N-dealkylation sites (N-methyl/N-ethyl adjacent to an activating group) is 1. The lowest BCUT2D eigenvalue weighted by atomic mass is 9.92. The van der Waals surface area contributed by atoms with Crippen molar-refractivity contribution in [1.82, 2.24) is 10.2 Å². The first-order chi connectivity index (χ1) is 10.1. The summed E-state index contributed by atoms with van der Waals surface area (Å²) in [5, 5.41) is 3.62. The van der Waals surface area contributed by atoms with Crippen molar-refractivity contribution in [1.29, 1.82) is 0 Å². The molecular weight excluding hydrogens is 268 g/mol. The number of nitrogens with zero attached hydrogens (tertiary/aromatic N) is 1. The first-order valence-electron chi connectivity index (χ1n) is 8.33. The molecule has 2 rings (SSSR count). The fourth-order valence-corrected chi connectivity index (χ4v) is 2.88. The molecule has 1 unspecified atom stereocenters. The van der Waals surface area contributed by atoms with E-state index in [2.05, 4.69) is 17.3 Å². The van der Waals surface area contributed by atoms with E-state index in [0.717, 1.165) is 26.0 Å². The van der Waals surface area contributed by atoms with Crippen LogP contribution in [-0.2, 0) is 14.3 Å². The molecule has 1 N–H and O–H groups in total. The number of carbonyl (C=O) groups excluding carboxylic acids is 1. The van der Waals surface area contributed by atoms with Crippen LogP contribution in [0.5, 0.6) is 0 Å². The Morgan fingerprint density at radius 1 is 1.24 bits per heavy atom. The van der Waals surface area contributed by atoms with E-state index in [9.17, 15) is 4.79 Å². The monoisotopic (exact) mass is 298 g/mol. The third kappa shape index (κ3) is 4.66. The van der Waals surface area contributed by atoms with Crippen LogP contribution in [0.3, 0.4) is 0 Å². The molecule has 0 amide bonds. The molecule has 2 fully saturated rings. The molecule has 0 spiro atoms. The zero-order chi connectivity index (χ0) is 15.3. The number of nitrogens with one attached hydrogen (secondary N) is 1. The number of hydrogen-bond acceptors (Lipinski definition) is 5. The highest BCUT2D eigenvalue weighted by molar-refractivity contribution is 5.82. The van der Waals surface area contributed by atoms with Gasteiger partial charge < -0.3 is 14.4 Å². The molecule has 0 aromatic rings. The summed E-state index contributed by atoms with van der Waals surface area (Å²) in [7, 11) is 2.06. The summed E-state index contributed by atoms with van der Waals surface area (Å²) in [6, 6.07) is 0.496. The van der Waals surface area contributed by atoms with Gasteiger partial charge in [0.25, 0.3) is 0 Å². The molecule has 0 aromatic heterocycles. The van der Waals surface area contributed by atoms with E-state index in [4.69, 9.17) is 9.47 Å². The molecule has 5 nitrogen and oxygen atoms in total. The molecule has 2 aliphatic carbocycles. The molecule has 0 heterocycles. The lowest BCUT2D eigenvalue weighted by Crippen LogP contribution is -2.61.